The highest BCUT2D eigenvalue weighted by molar-refractivity contribution is 5.92. The van der Waals surface area contributed by atoms with Gasteiger partial charge in [0.1, 0.15) is 6.61 Å². The Morgan fingerprint density at radius 3 is 2.57 bits per heavy atom. The molecule has 28 heavy (non-hydrogen) atoms. The van der Waals surface area contributed by atoms with Crippen molar-refractivity contribution >= 4 is 17.7 Å². The zero-order valence-electron chi connectivity index (χ0n) is 15.0. The molecule has 0 radical (unpaired) electrons. The highest BCUT2D eigenvalue weighted by atomic mass is 16.5. The van der Waals surface area contributed by atoms with E-state index in [2.05, 4.69) is 25.8 Å². The van der Waals surface area contributed by atoms with Crippen LogP contribution in [0.15, 0.2) is 54.9 Å². The predicted octanol–water partition coefficient (Wildman–Crippen LogP) is 3.11. The van der Waals surface area contributed by atoms with Gasteiger partial charge in [-0.15, -0.1) is 0 Å². The van der Waals surface area contributed by atoms with Crippen molar-refractivity contribution in [3.8, 4) is 11.3 Å². The highest BCUT2D eigenvalue weighted by Crippen LogP contribution is 2.19. The van der Waals surface area contributed by atoms with Crippen LogP contribution in [-0.2, 0) is 11.3 Å². The summed E-state index contributed by atoms with van der Waals surface area (Å²) in [6.07, 6.45) is 5.44. The number of ether oxygens (including phenoxy) is 1. The molecule has 0 spiro atoms. The number of rotatable bonds is 6. The molecule has 142 valence electrons. The maximum atomic E-state index is 12.2. The lowest BCUT2D eigenvalue weighted by molar-refractivity contribution is 0.0467. The van der Waals surface area contributed by atoms with E-state index in [4.69, 9.17) is 4.74 Å². The van der Waals surface area contributed by atoms with E-state index in [1.165, 1.54) is 0 Å². The number of H-pyrrole nitrogens is 1. The van der Waals surface area contributed by atoms with Gasteiger partial charge in [-0.2, -0.15) is 5.10 Å². The van der Waals surface area contributed by atoms with Gasteiger partial charge in [0.05, 0.1) is 17.0 Å². The molecule has 0 bridgehead atoms. The van der Waals surface area contributed by atoms with Crippen molar-refractivity contribution in [3.05, 3.63) is 66.1 Å². The Bertz CT molecular complexity index is 965. The van der Waals surface area contributed by atoms with Crippen molar-refractivity contribution in [1.29, 1.82) is 0 Å². The smallest absolute Gasteiger partial charge is 0.338 e. The number of nitrogens with zero attached hydrogens (tertiary/aromatic N) is 2. The molecule has 0 atom stereocenters. The van der Waals surface area contributed by atoms with Crippen molar-refractivity contribution in [2.45, 2.75) is 25.5 Å². The van der Waals surface area contributed by atoms with Crippen molar-refractivity contribution in [2.75, 3.05) is 5.32 Å². The lowest BCUT2D eigenvalue weighted by atomic mass is 10.2. The number of pyridine rings is 1. The van der Waals surface area contributed by atoms with Gasteiger partial charge in [0.25, 0.3) is 0 Å². The maximum Gasteiger partial charge on any atom is 0.338 e. The number of urea groups is 1. The first-order valence-corrected chi connectivity index (χ1v) is 8.97. The fourth-order valence-corrected chi connectivity index (χ4v) is 2.60. The van der Waals surface area contributed by atoms with Crippen LogP contribution in [0.2, 0.25) is 0 Å². The Kier molecular flexibility index (Phi) is 5.01. The normalized spacial score (nSPS) is 13.0. The predicted molar refractivity (Wildman–Crippen MR) is 103 cm³/mol. The van der Waals surface area contributed by atoms with Crippen LogP contribution in [0.1, 0.15) is 28.9 Å². The lowest BCUT2D eigenvalue weighted by Crippen LogP contribution is -2.30. The first kappa shape index (κ1) is 17.7. The van der Waals surface area contributed by atoms with Gasteiger partial charge in [-0.25, -0.2) is 9.59 Å². The average Bonchev–Trinajstić information content (AvgIpc) is 3.40. The molecule has 3 aromatic rings. The van der Waals surface area contributed by atoms with Crippen LogP contribution in [0.25, 0.3) is 11.3 Å². The van der Waals surface area contributed by atoms with Gasteiger partial charge >= 0.3 is 12.0 Å². The third-order valence-corrected chi connectivity index (χ3v) is 4.26. The molecule has 0 saturated heterocycles. The Balaban J connectivity index is 1.30. The Morgan fingerprint density at radius 1 is 1.11 bits per heavy atom. The minimum absolute atomic E-state index is 0.0840. The van der Waals surface area contributed by atoms with E-state index in [0.717, 1.165) is 24.1 Å². The Hall–Kier alpha value is -3.68. The molecule has 1 aliphatic carbocycles. The van der Waals surface area contributed by atoms with Gasteiger partial charge in [-0.05, 0) is 55.3 Å². The summed E-state index contributed by atoms with van der Waals surface area (Å²) >= 11 is 0. The second-order valence-electron chi connectivity index (χ2n) is 6.54. The zero-order chi connectivity index (χ0) is 19.3. The van der Waals surface area contributed by atoms with Crippen LogP contribution in [0.3, 0.4) is 0 Å². The molecular formula is C20H19N5O3. The fourth-order valence-electron chi connectivity index (χ4n) is 2.60. The number of anilines is 1. The largest absolute Gasteiger partial charge is 0.456 e. The van der Waals surface area contributed by atoms with Gasteiger partial charge in [-0.3, -0.25) is 10.1 Å². The number of carbonyl (C=O) groups is 2. The van der Waals surface area contributed by atoms with Crippen molar-refractivity contribution in [1.82, 2.24) is 20.5 Å². The summed E-state index contributed by atoms with van der Waals surface area (Å²) in [4.78, 5) is 27.9. The van der Waals surface area contributed by atoms with E-state index < -0.39 is 5.97 Å². The summed E-state index contributed by atoms with van der Waals surface area (Å²) < 4.78 is 5.32. The third-order valence-electron chi connectivity index (χ3n) is 4.26. The summed E-state index contributed by atoms with van der Waals surface area (Å²) in [6.45, 7) is 0.0840. The molecule has 4 rings (SSSR count). The van der Waals surface area contributed by atoms with E-state index in [1.54, 1.807) is 36.7 Å². The number of hydrogen-bond acceptors (Lipinski definition) is 5. The molecular weight excluding hydrogens is 358 g/mol. The monoisotopic (exact) mass is 377 g/mol. The lowest BCUT2D eigenvalue weighted by Gasteiger charge is -2.07. The molecule has 2 heterocycles. The molecule has 2 aromatic heterocycles. The molecule has 0 aliphatic heterocycles. The molecule has 0 unspecified atom stereocenters. The van der Waals surface area contributed by atoms with Gasteiger partial charge < -0.3 is 15.4 Å². The van der Waals surface area contributed by atoms with E-state index >= 15 is 0 Å². The fraction of sp³-hybridized carbons (Fsp3) is 0.200. The molecule has 1 aliphatic rings. The first-order valence-electron chi connectivity index (χ1n) is 8.97. The van der Waals surface area contributed by atoms with Crippen molar-refractivity contribution in [2.24, 2.45) is 0 Å². The number of esters is 1. The second-order valence-corrected chi connectivity index (χ2v) is 6.54. The van der Waals surface area contributed by atoms with Crippen LogP contribution < -0.4 is 10.6 Å². The van der Waals surface area contributed by atoms with Crippen LogP contribution in [0, 0.1) is 0 Å². The van der Waals surface area contributed by atoms with Crippen LogP contribution in [-0.4, -0.2) is 33.2 Å². The van der Waals surface area contributed by atoms with Crippen LogP contribution in [0.5, 0.6) is 0 Å². The number of nitrogens with one attached hydrogen (secondary N) is 3. The highest BCUT2D eigenvalue weighted by Gasteiger charge is 2.23. The number of hydrogen-bond donors (Lipinski definition) is 3. The number of amides is 2. The van der Waals surface area contributed by atoms with E-state index in [0.29, 0.717) is 16.9 Å². The standard InChI is InChI=1S/C20H19N5O3/c26-19(14-1-3-15(4-2-14)22-20(27)23-16-5-6-16)28-12-17-11-18(25-24-17)13-7-9-21-10-8-13/h1-4,7-11,16H,5-6,12H2,(H,24,25)(H2,22,23,27). The molecule has 1 aromatic carbocycles. The van der Waals surface area contributed by atoms with Crippen LogP contribution >= 0.6 is 0 Å². The zero-order valence-corrected chi connectivity index (χ0v) is 15.0. The summed E-state index contributed by atoms with van der Waals surface area (Å²) in [5, 5.41) is 12.6. The van der Waals surface area contributed by atoms with Crippen molar-refractivity contribution < 1.29 is 14.3 Å². The summed E-state index contributed by atoms with van der Waals surface area (Å²) in [6, 6.07) is 12.2. The molecule has 8 heteroatoms. The maximum absolute atomic E-state index is 12.2. The summed E-state index contributed by atoms with van der Waals surface area (Å²) in [5.41, 5.74) is 3.40. The molecule has 2 amide bonds. The quantitative estimate of drug-likeness (QED) is 0.572. The molecule has 3 N–H and O–H groups in total. The van der Waals surface area contributed by atoms with Crippen LogP contribution in [0.4, 0.5) is 10.5 Å². The average molecular weight is 377 g/mol. The number of aromatic amines is 1. The summed E-state index contributed by atoms with van der Waals surface area (Å²) in [7, 11) is 0. The van der Waals surface area contributed by atoms with Gasteiger partial charge in [0.15, 0.2) is 0 Å². The number of benzene rings is 1. The molecule has 8 nitrogen and oxygen atoms in total. The van der Waals surface area contributed by atoms with E-state index in [9.17, 15) is 9.59 Å². The second kappa shape index (κ2) is 7.91. The van der Waals surface area contributed by atoms with E-state index in [-0.39, 0.29) is 18.7 Å². The first-order chi connectivity index (χ1) is 13.7. The molecule has 1 saturated carbocycles. The Morgan fingerprint density at radius 2 is 1.86 bits per heavy atom. The SMILES string of the molecule is O=C(Nc1ccc(C(=O)OCc2cc(-c3ccncc3)n[nH]2)cc1)NC1CC1. The van der Waals surface area contributed by atoms with Gasteiger partial charge in [0.2, 0.25) is 0 Å². The van der Waals surface area contributed by atoms with Crippen molar-refractivity contribution in [3.63, 3.8) is 0 Å². The molecule has 1 fully saturated rings. The number of aromatic nitrogens is 3. The summed E-state index contributed by atoms with van der Waals surface area (Å²) in [5.74, 6) is -0.450. The minimum Gasteiger partial charge on any atom is -0.456 e. The van der Waals surface area contributed by atoms with E-state index in [1.807, 2.05) is 18.2 Å². The Labute approximate surface area is 161 Å². The number of carbonyl (C=O) groups excluding carboxylic acids is 2. The topological polar surface area (TPSA) is 109 Å². The minimum atomic E-state index is -0.450. The van der Waals surface area contributed by atoms with Gasteiger partial charge in [0, 0.05) is 29.7 Å². The van der Waals surface area contributed by atoms with Gasteiger partial charge in [-0.1, -0.05) is 0 Å². The third kappa shape index (κ3) is 4.53.